The molecule has 1 aromatic rings. The number of rotatable bonds is 1. The van der Waals surface area contributed by atoms with Crippen molar-refractivity contribution in [3.63, 3.8) is 0 Å². The van der Waals surface area contributed by atoms with Crippen molar-refractivity contribution in [2.45, 2.75) is 6.92 Å². The van der Waals surface area contributed by atoms with Gasteiger partial charge in [-0.05, 0) is 6.92 Å². The van der Waals surface area contributed by atoms with E-state index in [4.69, 9.17) is 5.84 Å². The first-order chi connectivity index (χ1) is 4.74. The molecule has 0 saturated carbocycles. The fraction of sp³-hybridized carbons (Fsp3) is 0.200. The maximum atomic E-state index is 10.7. The summed E-state index contributed by atoms with van der Waals surface area (Å²) in [5.74, 6) is 5.20. The van der Waals surface area contributed by atoms with Crippen LogP contribution in [-0.4, -0.2) is 15.9 Å². The van der Waals surface area contributed by atoms with Gasteiger partial charge in [0.05, 0.1) is 6.20 Å². The first-order valence-corrected chi connectivity index (χ1v) is 2.76. The minimum atomic E-state index is -0.361. The Morgan fingerprint density at radius 1 is 1.82 bits per heavy atom. The van der Waals surface area contributed by atoms with Gasteiger partial charge in [-0.15, -0.1) is 12.4 Å². The predicted octanol–water partition coefficient (Wildman–Crippen LogP) is -0.257. The normalized spacial score (nSPS) is 8.55. The van der Waals surface area contributed by atoms with Crippen LogP contribution in [0.25, 0.3) is 0 Å². The fourth-order valence-electron chi connectivity index (χ4n) is 0.614. The summed E-state index contributed by atoms with van der Waals surface area (Å²) < 4.78 is 0. The van der Waals surface area contributed by atoms with E-state index in [1.54, 1.807) is 6.92 Å². The van der Waals surface area contributed by atoms with E-state index in [1.165, 1.54) is 6.20 Å². The van der Waals surface area contributed by atoms with Gasteiger partial charge in [-0.2, -0.15) is 0 Å². The molecule has 1 rings (SSSR count). The molecular formula is C5H9ClN4O. The summed E-state index contributed by atoms with van der Waals surface area (Å²) in [6, 6.07) is 0. The number of carbonyl (C=O) groups excluding carboxylic acids is 1. The zero-order chi connectivity index (χ0) is 7.56. The minimum Gasteiger partial charge on any atom is -0.338 e. The number of nitrogens with one attached hydrogen (secondary N) is 2. The minimum absolute atomic E-state index is 0. The first kappa shape index (κ1) is 9.93. The highest BCUT2D eigenvalue weighted by Crippen LogP contribution is 1.93. The predicted molar refractivity (Wildman–Crippen MR) is 42.2 cm³/mol. The van der Waals surface area contributed by atoms with Crippen molar-refractivity contribution < 1.29 is 4.79 Å². The lowest BCUT2D eigenvalue weighted by Gasteiger charge is -1.91. The second-order valence-corrected chi connectivity index (χ2v) is 1.86. The van der Waals surface area contributed by atoms with Gasteiger partial charge in [-0.3, -0.25) is 10.2 Å². The molecule has 4 N–H and O–H groups in total. The van der Waals surface area contributed by atoms with Gasteiger partial charge in [0.15, 0.2) is 0 Å². The van der Waals surface area contributed by atoms with Crippen LogP contribution in [0, 0.1) is 6.92 Å². The number of nitrogen functional groups attached to an aromatic ring is 1. The number of imidazole rings is 1. The Morgan fingerprint density at radius 3 is 2.82 bits per heavy atom. The second kappa shape index (κ2) is 3.95. The highest BCUT2D eigenvalue weighted by Gasteiger charge is 2.03. The number of aromatic nitrogens is 2. The van der Waals surface area contributed by atoms with Crippen molar-refractivity contribution in [3.8, 4) is 0 Å². The van der Waals surface area contributed by atoms with Crippen LogP contribution in [0.15, 0.2) is 6.20 Å². The average molecular weight is 177 g/mol. The molecule has 1 aromatic heterocycles. The number of aryl methyl sites for hydroxylation is 1. The highest BCUT2D eigenvalue weighted by atomic mass is 35.5. The topological polar surface area (TPSA) is 83.8 Å². The maximum absolute atomic E-state index is 10.7. The number of H-pyrrole nitrogens is 1. The lowest BCUT2D eigenvalue weighted by molar-refractivity contribution is 0.0949. The van der Waals surface area contributed by atoms with Crippen LogP contribution in [0.3, 0.4) is 0 Å². The monoisotopic (exact) mass is 176 g/mol. The van der Waals surface area contributed by atoms with Crippen LogP contribution < -0.4 is 11.3 Å². The number of hydrogen-bond acceptors (Lipinski definition) is 3. The summed E-state index contributed by atoms with van der Waals surface area (Å²) in [5, 5.41) is 0. The van der Waals surface area contributed by atoms with Crippen molar-refractivity contribution in [2.24, 2.45) is 5.84 Å². The van der Waals surface area contributed by atoms with Gasteiger partial charge in [-0.1, -0.05) is 0 Å². The van der Waals surface area contributed by atoms with E-state index in [2.05, 4.69) is 9.97 Å². The third-order valence-corrected chi connectivity index (χ3v) is 1.08. The zero-order valence-electron chi connectivity index (χ0n) is 5.92. The van der Waals surface area contributed by atoms with Gasteiger partial charge in [0.1, 0.15) is 11.5 Å². The Labute approximate surface area is 69.8 Å². The molecule has 0 radical (unpaired) electrons. The van der Waals surface area contributed by atoms with Crippen molar-refractivity contribution in [2.75, 3.05) is 0 Å². The summed E-state index contributed by atoms with van der Waals surface area (Å²) in [5.41, 5.74) is 2.36. The molecule has 0 bridgehead atoms. The van der Waals surface area contributed by atoms with Crippen LogP contribution >= 0.6 is 12.4 Å². The molecule has 0 saturated heterocycles. The molecule has 0 aromatic carbocycles. The summed E-state index contributed by atoms with van der Waals surface area (Å²) in [4.78, 5) is 17.3. The van der Waals surface area contributed by atoms with E-state index >= 15 is 0 Å². The Balaban J connectivity index is 0.000001000. The van der Waals surface area contributed by atoms with Gasteiger partial charge in [-0.25, -0.2) is 10.8 Å². The number of carbonyl (C=O) groups is 1. The van der Waals surface area contributed by atoms with Crippen molar-refractivity contribution in [1.82, 2.24) is 15.4 Å². The van der Waals surface area contributed by atoms with Crippen LogP contribution in [0.1, 0.15) is 16.3 Å². The van der Waals surface area contributed by atoms with E-state index in [9.17, 15) is 4.79 Å². The van der Waals surface area contributed by atoms with Crippen molar-refractivity contribution >= 4 is 18.3 Å². The lowest BCUT2D eigenvalue weighted by Crippen LogP contribution is -2.30. The molecular weight excluding hydrogens is 168 g/mol. The Hall–Kier alpha value is -1.07. The van der Waals surface area contributed by atoms with E-state index in [-0.39, 0.29) is 18.3 Å². The highest BCUT2D eigenvalue weighted by molar-refractivity contribution is 5.91. The van der Waals surface area contributed by atoms with E-state index in [1.807, 2.05) is 5.43 Å². The number of hydrogen-bond donors (Lipinski definition) is 3. The average Bonchev–Trinajstić information content (AvgIpc) is 2.34. The van der Waals surface area contributed by atoms with Gasteiger partial charge in [0.2, 0.25) is 0 Å². The van der Waals surface area contributed by atoms with Crippen molar-refractivity contribution in [1.29, 1.82) is 0 Å². The molecule has 0 aliphatic heterocycles. The molecule has 6 heteroatoms. The maximum Gasteiger partial charge on any atom is 0.283 e. The van der Waals surface area contributed by atoms with Gasteiger partial charge in [0.25, 0.3) is 5.91 Å². The Kier molecular flexibility index (Phi) is 3.56. The SMILES string of the molecule is Cc1ncc(C(=O)NN)[nH]1.Cl. The third-order valence-electron chi connectivity index (χ3n) is 1.08. The summed E-state index contributed by atoms with van der Waals surface area (Å²) >= 11 is 0. The number of nitrogens with two attached hydrogens (primary N) is 1. The van der Waals surface area contributed by atoms with Crippen LogP contribution in [0.2, 0.25) is 0 Å². The van der Waals surface area contributed by atoms with Crippen LogP contribution in [0.4, 0.5) is 0 Å². The molecule has 1 heterocycles. The number of hydrazine groups is 1. The van der Waals surface area contributed by atoms with E-state index in [0.29, 0.717) is 11.5 Å². The second-order valence-electron chi connectivity index (χ2n) is 1.86. The molecule has 0 aliphatic rings. The van der Waals surface area contributed by atoms with Gasteiger partial charge >= 0.3 is 0 Å². The lowest BCUT2D eigenvalue weighted by atomic mass is 10.5. The van der Waals surface area contributed by atoms with Crippen molar-refractivity contribution in [3.05, 3.63) is 17.7 Å². The molecule has 0 aliphatic carbocycles. The largest absolute Gasteiger partial charge is 0.338 e. The van der Waals surface area contributed by atoms with Crippen LogP contribution in [-0.2, 0) is 0 Å². The fourth-order valence-corrected chi connectivity index (χ4v) is 0.614. The number of aromatic amines is 1. The molecule has 0 atom stereocenters. The molecule has 11 heavy (non-hydrogen) atoms. The molecule has 1 amide bonds. The number of amides is 1. The third kappa shape index (κ3) is 2.21. The van der Waals surface area contributed by atoms with E-state index < -0.39 is 0 Å². The number of halogens is 1. The van der Waals surface area contributed by atoms with E-state index in [0.717, 1.165) is 0 Å². The molecule has 0 unspecified atom stereocenters. The zero-order valence-corrected chi connectivity index (χ0v) is 6.73. The number of nitrogens with zero attached hydrogens (tertiary/aromatic N) is 1. The molecule has 62 valence electrons. The first-order valence-electron chi connectivity index (χ1n) is 2.76. The summed E-state index contributed by atoms with van der Waals surface area (Å²) in [6.45, 7) is 1.76. The summed E-state index contributed by atoms with van der Waals surface area (Å²) in [7, 11) is 0. The van der Waals surface area contributed by atoms with Crippen LogP contribution in [0.5, 0.6) is 0 Å². The molecule has 5 nitrogen and oxygen atoms in total. The standard InChI is InChI=1S/C5H8N4O.ClH/c1-3-7-2-4(8-3)5(10)9-6;/h2H,6H2,1H3,(H,7,8)(H,9,10);1H. The Morgan fingerprint density at radius 2 is 2.45 bits per heavy atom. The molecule has 0 fully saturated rings. The molecule has 0 spiro atoms. The van der Waals surface area contributed by atoms with Gasteiger partial charge < -0.3 is 4.98 Å². The quantitative estimate of drug-likeness (QED) is 0.313. The summed E-state index contributed by atoms with van der Waals surface area (Å²) in [6.07, 6.45) is 1.43. The Bertz CT molecular complexity index is 246. The van der Waals surface area contributed by atoms with Gasteiger partial charge in [0, 0.05) is 0 Å². The smallest absolute Gasteiger partial charge is 0.283 e.